The molecule has 48 valence electrons. The predicted molar refractivity (Wildman–Crippen MR) is 41.0 cm³/mol. The van der Waals surface area contributed by atoms with Crippen molar-refractivity contribution in [3.05, 3.63) is 23.5 Å². The van der Waals surface area contributed by atoms with Crippen LogP contribution in [-0.4, -0.2) is 4.98 Å². The molecule has 0 spiro atoms. The SMILES string of the molecule is ClSc1cccnc1Cl. The number of hydrogen-bond acceptors (Lipinski definition) is 2. The second kappa shape index (κ2) is 3.30. The van der Waals surface area contributed by atoms with E-state index in [0.717, 1.165) is 15.9 Å². The maximum atomic E-state index is 5.61. The number of rotatable bonds is 1. The van der Waals surface area contributed by atoms with Gasteiger partial charge < -0.3 is 0 Å². The molecular weight excluding hydrogens is 177 g/mol. The Bertz CT molecular complexity index is 204. The third kappa shape index (κ3) is 1.75. The van der Waals surface area contributed by atoms with Crippen LogP contribution in [0.5, 0.6) is 0 Å². The first-order chi connectivity index (χ1) is 4.34. The second-order valence-corrected chi connectivity index (χ2v) is 2.78. The van der Waals surface area contributed by atoms with Gasteiger partial charge in [-0.05, 0) is 33.8 Å². The Balaban J connectivity index is 3.01. The van der Waals surface area contributed by atoms with Crippen LogP contribution in [0.3, 0.4) is 0 Å². The van der Waals surface area contributed by atoms with E-state index in [4.69, 9.17) is 22.3 Å². The fourth-order valence-electron chi connectivity index (χ4n) is 0.429. The molecule has 0 radical (unpaired) electrons. The molecule has 1 rings (SSSR count). The smallest absolute Gasteiger partial charge is 0.143 e. The van der Waals surface area contributed by atoms with Gasteiger partial charge in [0.2, 0.25) is 0 Å². The van der Waals surface area contributed by atoms with Crippen LogP contribution in [0.15, 0.2) is 23.2 Å². The van der Waals surface area contributed by atoms with E-state index < -0.39 is 0 Å². The molecule has 1 aromatic rings. The topological polar surface area (TPSA) is 12.9 Å². The minimum Gasteiger partial charge on any atom is -0.243 e. The highest BCUT2D eigenvalue weighted by molar-refractivity contribution is 8.21. The summed E-state index contributed by atoms with van der Waals surface area (Å²) in [5.41, 5.74) is 0. The highest BCUT2D eigenvalue weighted by atomic mass is 35.7. The molecule has 1 heterocycles. The van der Waals surface area contributed by atoms with Gasteiger partial charge in [-0.15, -0.1) is 0 Å². The summed E-state index contributed by atoms with van der Waals surface area (Å²) in [6.45, 7) is 0. The monoisotopic (exact) mass is 179 g/mol. The van der Waals surface area contributed by atoms with Crippen LogP contribution in [0.2, 0.25) is 5.15 Å². The van der Waals surface area contributed by atoms with E-state index in [-0.39, 0.29) is 0 Å². The lowest BCUT2D eigenvalue weighted by molar-refractivity contribution is 1.24. The summed E-state index contributed by atoms with van der Waals surface area (Å²) < 4.78 is 0. The van der Waals surface area contributed by atoms with Crippen molar-refractivity contribution >= 4 is 33.3 Å². The van der Waals surface area contributed by atoms with Crippen molar-refractivity contribution in [3.8, 4) is 0 Å². The second-order valence-electron chi connectivity index (χ2n) is 1.37. The third-order valence-corrected chi connectivity index (χ3v) is 2.22. The lowest BCUT2D eigenvalue weighted by atomic mass is 10.5. The predicted octanol–water partition coefficient (Wildman–Crippen LogP) is 2.98. The Morgan fingerprint density at radius 1 is 1.56 bits per heavy atom. The summed E-state index contributed by atoms with van der Waals surface area (Å²) >= 11 is 5.61. The average Bonchev–Trinajstić information content (AvgIpc) is 1.89. The van der Waals surface area contributed by atoms with Gasteiger partial charge in [-0.3, -0.25) is 0 Å². The Kier molecular flexibility index (Phi) is 2.64. The van der Waals surface area contributed by atoms with E-state index in [1.807, 2.05) is 6.07 Å². The van der Waals surface area contributed by atoms with Crippen LogP contribution < -0.4 is 0 Å². The zero-order valence-electron chi connectivity index (χ0n) is 4.34. The largest absolute Gasteiger partial charge is 0.243 e. The van der Waals surface area contributed by atoms with Crippen LogP contribution in [-0.2, 0) is 0 Å². The van der Waals surface area contributed by atoms with Crippen molar-refractivity contribution < 1.29 is 0 Å². The fourth-order valence-corrected chi connectivity index (χ4v) is 1.40. The summed E-state index contributed by atoms with van der Waals surface area (Å²) in [6.07, 6.45) is 1.62. The molecule has 0 fully saturated rings. The van der Waals surface area contributed by atoms with E-state index in [9.17, 15) is 0 Å². The quantitative estimate of drug-likeness (QED) is 0.616. The molecule has 0 aromatic carbocycles. The van der Waals surface area contributed by atoms with E-state index in [1.165, 1.54) is 0 Å². The Labute approximate surface area is 66.9 Å². The lowest BCUT2D eigenvalue weighted by Crippen LogP contribution is -1.73. The van der Waals surface area contributed by atoms with Gasteiger partial charge in [0.25, 0.3) is 0 Å². The summed E-state index contributed by atoms with van der Waals surface area (Å²) in [7, 11) is 6.50. The number of aromatic nitrogens is 1. The minimum atomic E-state index is 0.456. The first-order valence-corrected chi connectivity index (χ1v) is 4.26. The molecule has 9 heavy (non-hydrogen) atoms. The van der Waals surface area contributed by atoms with Gasteiger partial charge >= 0.3 is 0 Å². The molecule has 0 atom stereocenters. The first kappa shape index (κ1) is 7.19. The van der Waals surface area contributed by atoms with Gasteiger partial charge in [0.15, 0.2) is 0 Å². The summed E-state index contributed by atoms with van der Waals surface area (Å²) in [4.78, 5) is 4.60. The van der Waals surface area contributed by atoms with Gasteiger partial charge in [0, 0.05) is 6.20 Å². The highest BCUT2D eigenvalue weighted by Gasteiger charge is 1.96. The van der Waals surface area contributed by atoms with E-state index in [2.05, 4.69) is 4.98 Å². The molecule has 0 bridgehead atoms. The van der Waals surface area contributed by atoms with Crippen LogP contribution in [0, 0.1) is 0 Å². The average molecular weight is 180 g/mol. The zero-order chi connectivity index (χ0) is 6.69. The van der Waals surface area contributed by atoms with Crippen molar-refractivity contribution in [1.29, 1.82) is 0 Å². The Morgan fingerprint density at radius 3 is 2.78 bits per heavy atom. The van der Waals surface area contributed by atoms with Crippen LogP contribution in [0.4, 0.5) is 0 Å². The van der Waals surface area contributed by atoms with Crippen molar-refractivity contribution in [1.82, 2.24) is 4.98 Å². The standard InChI is InChI=1S/C5H3Cl2NS/c6-5-4(9-7)2-1-3-8-5/h1-3H. The molecule has 0 aliphatic carbocycles. The molecule has 0 amide bonds. The molecule has 1 nitrogen and oxygen atoms in total. The van der Waals surface area contributed by atoms with Crippen molar-refractivity contribution in [2.45, 2.75) is 4.90 Å². The summed E-state index contributed by atoms with van der Waals surface area (Å²) in [5.74, 6) is 0. The Morgan fingerprint density at radius 2 is 2.33 bits per heavy atom. The van der Waals surface area contributed by atoms with Crippen molar-refractivity contribution in [2.75, 3.05) is 0 Å². The molecule has 0 saturated heterocycles. The van der Waals surface area contributed by atoms with E-state index in [0.29, 0.717) is 5.15 Å². The molecule has 0 aliphatic rings. The van der Waals surface area contributed by atoms with Crippen molar-refractivity contribution in [2.24, 2.45) is 0 Å². The first-order valence-electron chi connectivity index (χ1n) is 2.23. The van der Waals surface area contributed by atoms with Crippen molar-refractivity contribution in [3.63, 3.8) is 0 Å². The molecular formula is C5H3Cl2NS. The third-order valence-electron chi connectivity index (χ3n) is 0.808. The molecule has 1 aromatic heterocycles. The molecule has 0 saturated carbocycles. The van der Waals surface area contributed by atoms with Gasteiger partial charge in [-0.25, -0.2) is 4.98 Å². The molecule has 0 N–H and O–H groups in total. The molecule has 4 heteroatoms. The maximum Gasteiger partial charge on any atom is 0.143 e. The summed E-state index contributed by atoms with van der Waals surface area (Å²) in [6, 6.07) is 3.60. The van der Waals surface area contributed by atoms with Gasteiger partial charge in [-0.2, -0.15) is 0 Å². The number of halogens is 2. The van der Waals surface area contributed by atoms with E-state index in [1.54, 1.807) is 12.3 Å². The van der Waals surface area contributed by atoms with Gasteiger partial charge in [-0.1, -0.05) is 11.6 Å². The Hall–Kier alpha value is 0.0800. The number of pyridine rings is 1. The fraction of sp³-hybridized carbons (Fsp3) is 0. The number of nitrogens with zero attached hydrogens (tertiary/aromatic N) is 1. The molecule has 0 unspecified atom stereocenters. The zero-order valence-corrected chi connectivity index (χ0v) is 6.67. The van der Waals surface area contributed by atoms with Gasteiger partial charge in [0.1, 0.15) is 5.15 Å². The highest BCUT2D eigenvalue weighted by Crippen LogP contribution is 2.26. The molecule has 0 aliphatic heterocycles. The minimum absolute atomic E-state index is 0.456. The summed E-state index contributed by atoms with van der Waals surface area (Å²) in [5, 5.41) is 0.456. The normalized spacial score (nSPS) is 9.56. The van der Waals surface area contributed by atoms with Crippen LogP contribution in [0.1, 0.15) is 0 Å². The van der Waals surface area contributed by atoms with Crippen LogP contribution >= 0.6 is 33.3 Å². The van der Waals surface area contributed by atoms with Crippen LogP contribution in [0.25, 0.3) is 0 Å². The van der Waals surface area contributed by atoms with E-state index >= 15 is 0 Å². The number of hydrogen-bond donors (Lipinski definition) is 0. The lowest BCUT2D eigenvalue weighted by Gasteiger charge is -1.92. The van der Waals surface area contributed by atoms with Gasteiger partial charge in [0.05, 0.1) is 4.90 Å². The maximum absolute atomic E-state index is 5.61.